The van der Waals surface area contributed by atoms with E-state index in [0.717, 1.165) is 11.3 Å². The van der Waals surface area contributed by atoms with Crippen LogP contribution in [0.25, 0.3) is 16.8 Å². The molecule has 1 heterocycles. The molecule has 1 unspecified atom stereocenters. The number of aromatic nitrogens is 1. The SMILES string of the molecule is CC1=CC(C)c2c(-c3cc(C(C)(C)C)ccn3)[c-]ccc21.[Ir]. The molecule has 2 heteroatoms. The van der Waals surface area contributed by atoms with Crippen molar-refractivity contribution < 1.29 is 20.1 Å². The average molecular weight is 469 g/mol. The van der Waals surface area contributed by atoms with Gasteiger partial charge in [-0.25, -0.2) is 0 Å². The molecule has 0 saturated heterocycles. The molecular formula is C20H22IrN-. The molecule has 1 aromatic heterocycles. The number of allylic oxidation sites excluding steroid dienone is 2. The second-order valence-electron chi connectivity index (χ2n) is 7.00. The number of benzene rings is 1. The van der Waals surface area contributed by atoms with Gasteiger partial charge in [-0.05, 0) is 35.6 Å². The zero-order chi connectivity index (χ0) is 15.2. The largest absolute Gasteiger partial charge is 0.305 e. The van der Waals surface area contributed by atoms with Crippen molar-refractivity contribution in [1.82, 2.24) is 4.98 Å². The van der Waals surface area contributed by atoms with E-state index in [4.69, 9.17) is 0 Å². The Labute approximate surface area is 147 Å². The minimum atomic E-state index is 0. The van der Waals surface area contributed by atoms with Crippen molar-refractivity contribution in [3.63, 3.8) is 0 Å². The molecule has 1 radical (unpaired) electrons. The zero-order valence-electron chi connectivity index (χ0n) is 13.8. The van der Waals surface area contributed by atoms with Gasteiger partial charge in [0.15, 0.2) is 0 Å². The Balaban J connectivity index is 0.00000176. The van der Waals surface area contributed by atoms with Crippen LogP contribution in [0.4, 0.5) is 0 Å². The molecule has 2 aromatic rings. The monoisotopic (exact) mass is 469 g/mol. The molecule has 0 aliphatic heterocycles. The first-order valence-corrected chi connectivity index (χ1v) is 7.58. The summed E-state index contributed by atoms with van der Waals surface area (Å²) in [6.07, 6.45) is 4.25. The van der Waals surface area contributed by atoms with Crippen molar-refractivity contribution >= 4 is 5.57 Å². The molecule has 1 aliphatic carbocycles. The fourth-order valence-corrected chi connectivity index (χ4v) is 3.12. The Morgan fingerprint density at radius 2 is 1.91 bits per heavy atom. The van der Waals surface area contributed by atoms with Crippen LogP contribution in [0.5, 0.6) is 0 Å². The standard InChI is InChI=1S/C20H22N.Ir/c1-13-11-14(2)19-16(13)7-6-8-17(19)18-12-15(9-10-21-18)20(3,4)5;/h6-7,9-12,14H,1-5H3;/q-1;. The van der Waals surface area contributed by atoms with Crippen LogP contribution < -0.4 is 0 Å². The van der Waals surface area contributed by atoms with Crippen LogP contribution in [0.1, 0.15) is 57.2 Å². The minimum absolute atomic E-state index is 0. The van der Waals surface area contributed by atoms with E-state index < -0.39 is 0 Å². The summed E-state index contributed by atoms with van der Waals surface area (Å²) in [6.45, 7) is 11.1. The molecule has 0 saturated carbocycles. The smallest absolute Gasteiger partial charge is 0.0163 e. The van der Waals surface area contributed by atoms with Gasteiger partial charge in [0.25, 0.3) is 0 Å². The van der Waals surface area contributed by atoms with Gasteiger partial charge in [-0.3, -0.25) is 0 Å². The molecule has 0 bridgehead atoms. The molecule has 1 aromatic carbocycles. The van der Waals surface area contributed by atoms with Crippen molar-refractivity contribution in [2.75, 3.05) is 0 Å². The molecule has 1 nitrogen and oxygen atoms in total. The molecule has 1 aliphatic rings. The number of hydrogen-bond acceptors (Lipinski definition) is 1. The third-order valence-corrected chi connectivity index (χ3v) is 4.30. The summed E-state index contributed by atoms with van der Waals surface area (Å²) in [5, 5.41) is 0. The van der Waals surface area contributed by atoms with Crippen molar-refractivity contribution in [2.24, 2.45) is 0 Å². The maximum absolute atomic E-state index is 4.61. The van der Waals surface area contributed by atoms with Gasteiger partial charge in [-0.15, -0.1) is 34.9 Å². The van der Waals surface area contributed by atoms with E-state index in [-0.39, 0.29) is 25.5 Å². The molecule has 0 N–H and O–H groups in total. The number of pyridine rings is 1. The van der Waals surface area contributed by atoms with Crippen molar-refractivity contribution in [2.45, 2.75) is 46.0 Å². The van der Waals surface area contributed by atoms with E-state index in [1.165, 1.54) is 22.3 Å². The topological polar surface area (TPSA) is 12.9 Å². The fourth-order valence-electron chi connectivity index (χ4n) is 3.12. The molecule has 0 spiro atoms. The second-order valence-corrected chi connectivity index (χ2v) is 7.00. The number of nitrogens with zero attached hydrogens (tertiary/aromatic N) is 1. The Kier molecular flexibility index (Phi) is 4.75. The predicted octanol–water partition coefficient (Wildman–Crippen LogP) is 5.36. The van der Waals surface area contributed by atoms with Gasteiger partial charge < -0.3 is 4.98 Å². The summed E-state index contributed by atoms with van der Waals surface area (Å²) >= 11 is 0. The van der Waals surface area contributed by atoms with E-state index in [1.54, 1.807) is 0 Å². The van der Waals surface area contributed by atoms with Gasteiger partial charge in [-0.1, -0.05) is 45.4 Å². The fraction of sp³-hybridized carbons (Fsp3) is 0.350. The van der Waals surface area contributed by atoms with Gasteiger partial charge in [0.1, 0.15) is 0 Å². The van der Waals surface area contributed by atoms with Crippen LogP contribution in [0.2, 0.25) is 0 Å². The van der Waals surface area contributed by atoms with E-state index >= 15 is 0 Å². The van der Waals surface area contributed by atoms with Gasteiger partial charge >= 0.3 is 0 Å². The summed E-state index contributed by atoms with van der Waals surface area (Å²) < 4.78 is 0. The second kappa shape index (κ2) is 6.10. The predicted molar refractivity (Wildman–Crippen MR) is 89.3 cm³/mol. The maximum atomic E-state index is 4.61. The molecule has 117 valence electrons. The summed E-state index contributed by atoms with van der Waals surface area (Å²) in [5.41, 5.74) is 7.71. The number of rotatable bonds is 1. The van der Waals surface area contributed by atoms with Crippen molar-refractivity contribution in [1.29, 1.82) is 0 Å². The molecular weight excluding hydrogens is 446 g/mol. The van der Waals surface area contributed by atoms with Crippen LogP contribution in [-0.4, -0.2) is 4.98 Å². The maximum Gasteiger partial charge on any atom is 0.0163 e. The van der Waals surface area contributed by atoms with Crippen molar-refractivity contribution in [3.05, 3.63) is 59.3 Å². The van der Waals surface area contributed by atoms with Crippen molar-refractivity contribution in [3.8, 4) is 11.3 Å². The van der Waals surface area contributed by atoms with Crippen LogP contribution in [-0.2, 0) is 25.5 Å². The normalized spacial score (nSPS) is 16.8. The van der Waals surface area contributed by atoms with E-state index in [0.29, 0.717) is 5.92 Å². The van der Waals surface area contributed by atoms with Gasteiger partial charge in [0, 0.05) is 26.3 Å². The molecule has 0 amide bonds. The van der Waals surface area contributed by atoms with Gasteiger partial charge in [-0.2, -0.15) is 0 Å². The molecule has 3 rings (SSSR count). The van der Waals surface area contributed by atoms with Crippen LogP contribution in [0.15, 0.2) is 36.5 Å². The average Bonchev–Trinajstić information content (AvgIpc) is 2.73. The number of hydrogen-bond donors (Lipinski definition) is 0. The Bertz CT molecular complexity index is 723. The molecule has 22 heavy (non-hydrogen) atoms. The van der Waals surface area contributed by atoms with E-state index in [1.807, 2.05) is 12.3 Å². The number of fused-ring (bicyclic) bond motifs is 1. The first-order chi connectivity index (χ1) is 9.88. The third-order valence-electron chi connectivity index (χ3n) is 4.30. The summed E-state index contributed by atoms with van der Waals surface area (Å²) in [6, 6.07) is 11.9. The summed E-state index contributed by atoms with van der Waals surface area (Å²) in [5.74, 6) is 0.438. The van der Waals surface area contributed by atoms with E-state index in [2.05, 4.69) is 69.9 Å². The Morgan fingerprint density at radius 1 is 1.18 bits per heavy atom. The van der Waals surface area contributed by atoms with Crippen LogP contribution in [0, 0.1) is 6.07 Å². The van der Waals surface area contributed by atoms with E-state index in [9.17, 15) is 0 Å². The minimum Gasteiger partial charge on any atom is -0.305 e. The van der Waals surface area contributed by atoms with Gasteiger partial charge in [0.2, 0.25) is 0 Å². The summed E-state index contributed by atoms with van der Waals surface area (Å²) in [7, 11) is 0. The van der Waals surface area contributed by atoms with Gasteiger partial charge in [0.05, 0.1) is 0 Å². The summed E-state index contributed by atoms with van der Waals surface area (Å²) in [4.78, 5) is 4.61. The first kappa shape index (κ1) is 17.1. The Morgan fingerprint density at radius 3 is 2.59 bits per heavy atom. The zero-order valence-corrected chi connectivity index (χ0v) is 16.2. The van der Waals surface area contributed by atoms with Crippen LogP contribution >= 0.6 is 0 Å². The Hall–Kier alpha value is -1.24. The van der Waals surface area contributed by atoms with Crippen LogP contribution in [0.3, 0.4) is 0 Å². The first-order valence-electron chi connectivity index (χ1n) is 7.58. The molecule has 1 atom stereocenters. The molecule has 0 fully saturated rings. The quantitative estimate of drug-likeness (QED) is 0.513. The third kappa shape index (κ3) is 2.95.